The standard InChI is InChI=1S/C29H32Cl2N4O4/c1-32-27-20(24-25(30)22(37-3)17-23(38-4)26(24)31)11-12-21(28(27)33-2)29(36)34-18-7-9-19(10-8-18)39-16-15-35-13-5-6-14-35/h7-12,17H,5-6,13-16H2,1-4H3,(H,34,36). The molecule has 8 nitrogen and oxygen atoms in total. The van der Waals surface area contributed by atoms with Gasteiger partial charge in [0.05, 0.1) is 41.3 Å². The lowest BCUT2D eigenvalue weighted by Gasteiger charge is -2.22. The smallest absolute Gasteiger partial charge is 0.257 e. The maximum atomic E-state index is 13.3. The van der Waals surface area contributed by atoms with E-state index in [1.54, 1.807) is 32.3 Å². The molecule has 39 heavy (non-hydrogen) atoms. The second kappa shape index (κ2) is 13.2. The highest BCUT2D eigenvalue weighted by Crippen LogP contribution is 2.45. The lowest BCUT2D eigenvalue weighted by atomic mass is 9.88. The quantitative estimate of drug-likeness (QED) is 0.397. The molecule has 1 aliphatic carbocycles. The van der Waals surface area contributed by atoms with Crippen LogP contribution in [0, 0.1) is 0 Å². The van der Waals surface area contributed by atoms with Gasteiger partial charge in [0.2, 0.25) is 0 Å². The highest BCUT2D eigenvalue weighted by atomic mass is 35.5. The lowest BCUT2D eigenvalue weighted by molar-refractivity contribution is -0.112. The molecule has 206 valence electrons. The molecule has 1 N–H and O–H groups in total. The molecule has 1 saturated heterocycles. The number of amides is 1. The van der Waals surface area contributed by atoms with Crippen molar-refractivity contribution in [2.24, 2.45) is 9.98 Å². The fourth-order valence-electron chi connectivity index (χ4n) is 4.67. The first kappa shape index (κ1) is 28.7. The van der Waals surface area contributed by atoms with Crippen molar-refractivity contribution in [3.63, 3.8) is 0 Å². The molecule has 2 aromatic rings. The van der Waals surface area contributed by atoms with Gasteiger partial charge in [0.25, 0.3) is 5.91 Å². The lowest BCUT2D eigenvalue weighted by Crippen LogP contribution is -2.29. The Morgan fingerprint density at radius 1 is 0.949 bits per heavy atom. The van der Waals surface area contributed by atoms with Gasteiger partial charge >= 0.3 is 0 Å². The number of benzene rings is 2. The van der Waals surface area contributed by atoms with Gasteiger partial charge in [0, 0.05) is 43.5 Å². The second-order valence-corrected chi connectivity index (χ2v) is 9.72. The van der Waals surface area contributed by atoms with Crippen LogP contribution in [0.1, 0.15) is 18.4 Å². The number of aliphatic imine (C=N–C) groups is 2. The molecule has 1 aliphatic heterocycles. The predicted octanol–water partition coefficient (Wildman–Crippen LogP) is 5.59. The van der Waals surface area contributed by atoms with Crippen molar-refractivity contribution in [1.29, 1.82) is 0 Å². The third-order valence-electron chi connectivity index (χ3n) is 6.67. The highest BCUT2D eigenvalue weighted by Gasteiger charge is 2.30. The third kappa shape index (κ3) is 6.30. The first-order chi connectivity index (χ1) is 18.9. The number of anilines is 1. The molecule has 0 atom stereocenters. The van der Waals surface area contributed by atoms with Crippen molar-refractivity contribution >= 4 is 51.8 Å². The molecular weight excluding hydrogens is 539 g/mol. The summed E-state index contributed by atoms with van der Waals surface area (Å²) in [4.78, 5) is 24.5. The summed E-state index contributed by atoms with van der Waals surface area (Å²) in [7, 11) is 6.25. The van der Waals surface area contributed by atoms with Crippen molar-refractivity contribution in [2.75, 3.05) is 59.9 Å². The maximum absolute atomic E-state index is 13.3. The maximum Gasteiger partial charge on any atom is 0.257 e. The van der Waals surface area contributed by atoms with Crippen LogP contribution in [0.3, 0.4) is 0 Å². The number of carbonyl (C=O) groups is 1. The van der Waals surface area contributed by atoms with Gasteiger partial charge in [-0.1, -0.05) is 29.3 Å². The summed E-state index contributed by atoms with van der Waals surface area (Å²) in [6, 6.07) is 8.94. The molecule has 4 rings (SSSR count). The van der Waals surface area contributed by atoms with E-state index in [0.29, 0.717) is 62.0 Å². The Balaban J connectivity index is 1.55. The van der Waals surface area contributed by atoms with Crippen LogP contribution in [-0.2, 0) is 4.79 Å². The van der Waals surface area contributed by atoms with Gasteiger partial charge in [-0.05, 0) is 56.3 Å². The summed E-state index contributed by atoms with van der Waals surface area (Å²) >= 11 is 13.3. The topological polar surface area (TPSA) is 84.8 Å². The molecule has 0 spiro atoms. The van der Waals surface area contributed by atoms with E-state index in [1.165, 1.54) is 27.1 Å². The predicted molar refractivity (Wildman–Crippen MR) is 159 cm³/mol. The van der Waals surface area contributed by atoms with Crippen molar-refractivity contribution < 1.29 is 19.0 Å². The number of halogens is 2. The van der Waals surface area contributed by atoms with Crippen LogP contribution in [0.5, 0.6) is 17.2 Å². The van der Waals surface area contributed by atoms with Crippen molar-refractivity contribution in [1.82, 2.24) is 4.90 Å². The fraction of sp³-hybridized carbons (Fsp3) is 0.345. The Hall–Kier alpha value is -3.33. The van der Waals surface area contributed by atoms with E-state index in [2.05, 4.69) is 20.2 Å². The number of rotatable bonds is 9. The average Bonchev–Trinajstić information content (AvgIpc) is 3.47. The Morgan fingerprint density at radius 3 is 2.13 bits per heavy atom. The fourth-order valence-corrected chi connectivity index (χ4v) is 5.38. The third-order valence-corrected chi connectivity index (χ3v) is 7.42. The van der Waals surface area contributed by atoms with Crippen molar-refractivity contribution in [2.45, 2.75) is 12.8 Å². The van der Waals surface area contributed by atoms with Crippen LogP contribution < -0.4 is 19.5 Å². The number of allylic oxidation sites excluding steroid dienone is 3. The Labute approximate surface area is 239 Å². The van der Waals surface area contributed by atoms with Gasteiger partial charge in [-0.15, -0.1) is 0 Å². The second-order valence-electron chi connectivity index (χ2n) is 8.96. The number of nitrogens with one attached hydrogen (secondary N) is 1. The first-order valence-corrected chi connectivity index (χ1v) is 13.4. The number of methoxy groups -OCH3 is 2. The monoisotopic (exact) mass is 570 g/mol. The molecular formula is C29H32Cl2N4O4. The van der Waals surface area contributed by atoms with Crippen molar-refractivity contribution in [3.8, 4) is 17.2 Å². The van der Waals surface area contributed by atoms with E-state index < -0.39 is 0 Å². The molecule has 10 heteroatoms. The molecule has 1 fully saturated rings. The molecule has 1 heterocycles. The number of ether oxygens (including phenoxy) is 3. The highest BCUT2D eigenvalue weighted by molar-refractivity contribution is 6.67. The number of likely N-dealkylation sites (tertiary alicyclic amines) is 1. The van der Waals surface area contributed by atoms with E-state index in [4.69, 9.17) is 37.4 Å². The summed E-state index contributed by atoms with van der Waals surface area (Å²) in [6.07, 6.45) is 5.94. The van der Waals surface area contributed by atoms with Gasteiger partial charge in [-0.3, -0.25) is 19.7 Å². The molecule has 1 amide bonds. The van der Waals surface area contributed by atoms with Crippen LogP contribution in [0.15, 0.2) is 58.0 Å². The molecule has 0 radical (unpaired) electrons. The molecule has 0 unspecified atom stereocenters. The van der Waals surface area contributed by atoms with Crippen LogP contribution in [-0.4, -0.2) is 76.8 Å². The van der Waals surface area contributed by atoms with Gasteiger partial charge in [0.15, 0.2) is 0 Å². The Kier molecular flexibility index (Phi) is 9.67. The zero-order chi connectivity index (χ0) is 27.9. The average molecular weight is 572 g/mol. The summed E-state index contributed by atoms with van der Waals surface area (Å²) in [5, 5.41) is 3.54. The SMILES string of the molecule is CN=C1C(C(=O)Nc2ccc(OCCN3CCCC3)cc2)=CC=C(c2c(Cl)c(OC)cc(OC)c2Cl)C1=NC. The molecule has 2 aliphatic rings. The Bertz CT molecular complexity index is 1320. The van der Waals surface area contributed by atoms with E-state index in [0.717, 1.165) is 25.4 Å². The minimum atomic E-state index is -0.324. The number of hydrogen-bond donors (Lipinski definition) is 1. The van der Waals surface area contributed by atoms with Gasteiger partial charge in [0.1, 0.15) is 23.9 Å². The van der Waals surface area contributed by atoms with Crippen LogP contribution >= 0.6 is 23.2 Å². The minimum absolute atomic E-state index is 0.301. The normalized spacial score (nSPS) is 17.7. The number of nitrogens with zero attached hydrogens (tertiary/aromatic N) is 3. The van der Waals surface area contributed by atoms with Crippen LogP contribution in [0.25, 0.3) is 5.57 Å². The van der Waals surface area contributed by atoms with Gasteiger partial charge in [-0.2, -0.15) is 0 Å². The molecule has 0 saturated carbocycles. The van der Waals surface area contributed by atoms with Gasteiger partial charge < -0.3 is 19.5 Å². The van der Waals surface area contributed by atoms with E-state index >= 15 is 0 Å². The van der Waals surface area contributed by atoms with Crippen molar-refractivity contribution in [3.05, 3.63) is 63.7 Å². The van der Waals surface area contributed by atoms with Crippen LogP contribution in [0.4, 0.5) is 5.69 Å². The van der Waals surface area contributed by atoms with E-state index in [-0.39, 0.29) is 5.91 Å². The molecule has 2 aromatic carbocycles. The Morgan fingerprint density at radius 2 is 1.56 bits per heavy atom. The summed E-state index contributed by atoms with van der Waals surface area (Å²) < 4.78 is 16.7. The molecule has 0 bridgehead atoms. The first-order valence-electron chi connectivity index (χ1n) is 12.6. The summed E-state index contributed by atoms with van der Waals surface area (Å²) in [6.45, 7) is 3.84. The minimum Gasteiger partial charge on any atom is -0.495 e. The van der Waals surface area contributed by atoms with Crippen LogP contribution in [0.2, 0.25) is 10.0 Å². The van der Waals surface area contributed by atoms with E-state index in [9.17, 15) is 4.79 Å². The zero-order valence-electron chi connectivity index (χ0n) is 22.5. The zero-order valence-corrected chi connectivity index (χ0v) is 24.0. The summed E-state index contributed by atoms with van der Waals surface area (Å²) in [5.41, 5.74) is 2.94. The molecule has 0 aromatic heterocycles. The van der Waals surface area contributed by atoms with E-state index in [1.807, 2.05) is 24.3 Å². The number of hydrogen-bond acceptors (Lipinski definition) is 7. The largest absolute Gasteiger partial charge is 0.495 e. The summed E-state index contributed by atoms with van der Waals surface area (Å²) in [5.74, 6) is 1.23. The van der Waals surface area contributed by atoms with Gasteiger partial charge in [-0.25, -0.2) is 0 Å². The number of carbonyl (C=O) groups excluding carboxylic acids is 1.